The third kappa shape index (κ3) is 14.3. The molecule has 1 radical (unpaired) electrons. The van der Waals surface area contributed by atoms with Crippen LogP contribution in [0.2, 0.25) is 0 Å². The SMILES string of the molecule is CC1=NNc2ccccc2C1.F[P-](F)(F)(F)(F)F.[CH]1C=CC=C1.[Fe]. The van der Waals surface area contributed by atoms with Crippen LogP contribution >= 0.6 is 7.81 Å². The molecule has 0 saturated carbocycles. The molecule has 0 atom stereocenters. The molecule has 1 aromatic rings. The van der Waals surface area contributed by atoms with Crippen LogP contribution in [0.4, 0.5) is 30.9 Å². The number of rotatable bonds is 0. The van der Waals surface area contributed by atoms with Crippen molar-refractivity contribution in [3.8, 4) is 0 Å². The Bertz CT molecular complexity index is 616. The van der Waals surface area contributed by atoms with Crippen LogP contribution in [-0.2, 0) is 23.5 Å². The van der Waals surface area contributed by atoms with Gasteiger partial charge in [0.25, 0.3) is 0 Å². The van der Waals surface area contributed by atoms with Crippen molar-refractivity contribution >= 4 is 19.2 Å². The average Bonchev–Trinajstić information content (AvgIpc) is 2.94. The van der Waals surface area contributed by atoms with Gasteiger partial charge in [-0.1, -0.05) is 42.5 Å². The van der Waals surface area contributed by atoms with Gasteiger partial charge in [0, 0.05) is 35.6 Å². The quantitative estimate of drug-likeness (QED) is 0.285. The maximum absolute atomic E-state index is 10.7. The Balaban J connectivity index is 0.000000354. The van der Waals surface area contributed by atoms with Gasteiger partial charge < -0.3 is 0 Å². The molecule has 137 valence electrons. The minimum atomic E-state index is -10.7. The molecule has 0 bridgehead atoms. The number of fused-ring (bicyclic) bond motifs is 1. The second-order valence-electron chi connectivity index (χ2n) is 4.71. The molecule has 0 spiro atoms. The Morgan fingerprint density at radius 1 is 0.917 bits per heavy atom. The largest absolute Gasteiger partial charge is 0.0767 e. The fraction of sp³-hybridized carbons (Fsp3) is 0.143. The van der Waals surface area contributed by atoms with E-state index >= 15 is 0 Å². The Hall–Kier alpha value is -1.30. The molecule has 0 fully saturated rings. The van der Waals surface area contributed by atoms with Gasteiger partial charge in [0.15, 0.2) is 0 Å². The van der Waals surface area contributed by atoms with E-state index in [1.54, 1.807) is 0 Å². The normalized spacial score (nSPS) is 17.2. The number of nitrogens with zero attached hydrogens (tertiary/aromatic N) is 1. The Morgan fingerprint density at radius 2 is 1.42 bits per heavy atom. The number of nitrogens with one attached hydrogen (secondary N) is 1. The fourth-order valence-corrected chi connectivity index (χ4v) is 1.58. The van der Waals surface area contributed by atoms with Gasteiger partial charge in [-0.05, 0) is 18.6 Å². The summed E-state index contributed by atoms with van der Waals surface area (Å²) in [5.41, 5.74) is 6.61. The predicted molar refractivity (Wildman–Crippen MR) is 83.0 cm³/mol. The van der Waals surface area contributed by atoms with Gasteiger partial charge in [-0.2, -0.15) is 5.10 Å². The van der Waals surface area contributed by atoms with Crippen LogP contribution in [0.15, 0.2) is 53.7 Å². The first-order valence-electron chi connectivity index (χ1n) is 6.41. The van der Waals surface area contributed by atoms with Gasteiger partial charge in [-0.15, -0.1) is 0 Å². The molecule has 1 aliphatic carbocycles. The molecule has 2 aliphatic rings. The van der Waals surface area contributed by atoms with Gasteiger partial charge in [0.2, 0.25) is 0 Å². The zero-order valence-corrected chi connectivity index (χ0v) is 14.4. The second-order valence-corrected chi connectivity index (χ2v) is 6.63. The van der Waals surface area contributed by atoms with Crippen molar-refractivity contribution < 1.29 is 42.3 Å². The molecule has 1 N–H and O–H groups in total. The minimum Gasteiger partial charge on any atom is -0.0767 e. The first-order chi connectivity index (χ1) is 10.3. The molecule has 1 aliphatic heterocycles. The fourth-order valence-electron chi connectivity index (χ4n) is 1.58. The molecule has 0 saturated heterocycles. The van der Waals surface area contributed by atoms with Crippen molar-refractivity contribution in [2.45, 2.75) is 13.3 Å². The van der Waals surface area contributed by atoms with Crippen molar-refractivity contribution in [3.63, 3.8) is 0 Å². The average molecular weight is 412 g/mol. The number of hydrogen-bond acceptors (Lipinski definition) is 2. The second kappa shape index (κ2) is 7.72. The van der Waals surface area contributed by atoms with E-state index in [0.29, 0.717) is 0 Å². The van der Waals surface area contributed by atoms with Crippen LogP contribution in [0.5, 0.6) is 0 Å². The van der Waals surface area contributed by atoms with Crippen LogP contribution in [0, 0.1) is 6.42 Å². The summed E-state index contributed by atoms with van der Waals surface area (Å²) in [5.74, 6) is 0. The van der Waals surface area contributed by atoms with Crippen LogP contribution in [-0.4, -0.2) is 5.71 Å². The number of benzene rings is 1. The summed E-state index contributed by atoms with van der Waals surface area (Å²) in [5, 5.41) is 4.14. The van der Waals surface area contributed by atoms with Gasteiger partial charge >= 0.3 is 33.0 Å². The molecule has 0 aromatic heterocycles. The van der Waals surface area contributed by atoms with E-state index in [1.165, 1.54) is 5.56 Å². The number of halogens is 6. The summed E-state index contributed by atoms with van der Waals surface area (Å²) in [4.78, 5) is 0. The summed E-state index contributed by atoms with van der Waals surface area (Å²) in [6.45, 7) is 2.03. The van der Waals surface area contributed by atoms with Gasteiger partial charge in [-0.25, -0.2) is 0 Å². The summed E-state index contributed by atoms with van der Waals surface area (Å²) >= 11 is 0. The zero-order valence-electron chi connectivity index (χ0n) is 12.4. The minimum absolute atomic E-state index is 0. The summed E-state index contributed by atoms with van der Waals surface area (Å²) < 4.78 is 59.2. The molecule has 24 heavy (non-hydrogen) atoms. The van der Waals surface area contributed by atoms with Crippen molar-refractivity contribution in [1.29, 1.82) is 0 Å². The molecule has 1 aromatic carbocycles. The van der Waals surface area contributed by atoms with Crippen LogP contribution < -0.4 is 5.43 Å². The molecular formula is C14H15F6FeN2P-. The zero-order chi connectivity index (χ0) is 17.6. The number of anilines is 1. The third-order valence-corrected chi connectivity index (χ3v) is 2.39. The first-order valence-corrected chi connectivity index (χ1v) is 8.44. The Labute approximate surface area is 146 Å². The van der Waals surface area contributed by atoms with Crippen molar-refractivity contribution in [3.05, 3.63) is 60.6 Å². The number of hydrogen-bond donors (Lipinski definition) is 1. The van der Waals surface area contributed by atoms with Crippen molar-refractivity contribution in [1.82, 2.24) is 0 Å². The van der Waals surface area contributed by atoms with Crippen LogP contribution in [0.25, 0.3) is 0 Å². The number of hydrazone groups is 1. The monoisotopic (exact) mass is 412 g/mol. The molecule has 3 rings (SSSR count). The maximum atomic E-state index is 9.87. The van der Waals surface area contributed by atoms with Crippen LogP contribution in [0.3, 0.4) is 0 Å². The summed E-state index contributed by atoms with van der Waals surface area (Å²) in [6, 6.07) is 8.24. The van der Waals surface area contributed by atoms with E-state index in [-0.39, 0.29) is 17.1 Å². The molecular weight excluding hydrogens is 397 g/mol. The molecule has 0 unspecified atom stereocenters. The van der Waals surface area contributed by atoms with Gasteiger partial charge in [-0.3, -0.25) is 5.43 Å². The van der Waals surface area contributed by atoms with Crippen molar-refractivity contribution in [2.75, 3.05) is 5.43 Å². The molecule has 2 nitrogen and oxygen atoms in total. The Kier molecular flexibility index (Phi) is 7.30. The van der Waals surface area contributed by atoms with Crippen LogP contribution in [0.1, 0.15) is 12.5 Å². The maximum Gasteiger partial charge on any atom is 0.00506 e. The third-order valence-electron chi connectivity index (χ3n) is 2.39. The van der Waals surface area contributed by atoms with Crippen molar-refractivity contribution in [2.24, 2.45) is 5.10 Å². The summed E-state index contributed by atoms with van der Waals surface area (Å²) in [6.07, 6.45) is 11.0. The first kappa shape index (κ1) is 22.7. The van der Waals surface area contributed by atoms with E-state index in [9.17, 15) is 25.2 Å². The predicted octanol–water partition coefficient (Wildman–Crippen LogP) is 6.73. The number of allylic oxidation sites excluding steroid dienone is 4. The van der Waals surface area contributed by atoms with E-state index in [1.807, 2.05) is 49.8 Å². The van der Waals surface area contributed by atoms with E-state index in [4.69, 9.17) is 0 Å². The number of para-hydroxylation sites is 1. The standard InChI is InChI=1S/C9H10N2.C5H5.F6P.Fe/c1-7-6-8-4-2-3-5-9(8)11-10-7;1-2-4-5-3-1;1-7(2,3,4,5)6;/h2-5,11H,6H2,1H3;1-5H;;/q;;-1;. The Morgan fingerprint density at radius 3 is 1.88 bits per heavy atom. The topological polar surface area (TPSA) is 24.4 Å². The van der Waals surface area contributed by atoms with E-state index in [2.05, 4.69) is 22.7 Å². The summed E-state index contributed by atoms with van der Waals surface area (Å²) in [7, 11) is -10.7. The molecule has 0 amide bonds. The smallest absolute Gasteiger partial charge is 0.00506 e. The van der Waals surface area contributed by atoms with E-state index in [0.717, 1.165) is 17.8 Å². The van der Waals surface area contributed by atoms with E-state index < -0.39 is 7.81 Å². The molecule has 10 heteroatoms. The van der Waals surface area contributed by atoms with Gasteiger partial charge in [0.1, 0.15) is 0 Å². The molecule has 1 heterocycles. The van der Waals surface area contributed by atoms with Gasteiger partial charge in [0.05, 0.1) is 5.69 Å².